The topological polar surface area (TPSA) is 131 Å². The quantitative estimate of drug-likeness (QED) is 0.122. The van der Waals surface area contributed by atoms with Crippen LogP contribution >= 0.6 is 11.9 Å². The molecule has 0 aliphatic heterocycles. The van der Waals surface area contributed by atoms with Gasteiger partial charge < -0.3 is 16.0 Å². The Kier molecular flexibility index (Phi) is 8.70. The molecule has 4 rings (SSSR count). The molecule has 0 heterocycles. The summed E-state index contributed by atoms with van der Waals surface area (Å²) in [6, 6.07) is 35.9. The van der Waals surface area contributed by atoms with Crippen LogP contribution in [0.2, 0.25) is 0 Å². The Morgan fingerprint density at radius 1 is 0.821 bits per heavy atom. The van der Waals surface area contributed by atoms with Crippen LogP contribution in [0.4, 0.5) is 5.69 Å². The number of nitrogens with one attached hydrogen (secondary N) is 1. The molecule has 0 aliphatic carbocycles. The van der Waals surface area contributed by atoms with E-state index in [-0.39, 0.29) is 23.3 Å². The van der Waals surface area contributed by atoms with Crippen LogP contribution < -0.4 is 16.2 Å². The van der Waals surface area contributed by atoms with Gasteiger partial charge in [-0.1, -0.05) is 91.0 Å². The summed E-state index contributed by atoms with van der Waals surface area (Å²) < 4.78 is 26.9. The third-order valence-corrected chi connectivity index (χ3v) is 8.24. The van der Waals surface area contributed by atoms with Crippen LogP contribution in [0.25, 0.3) is 0 Å². The van der Waals surface area contributed by atoms with Crippen molar-refractivity contribution in [2.75, 3.05) is 18.9 Å². The SMILES string of the molecule is CN(CC(=O)Nc1ccc(S(N)(=O)=O)cc1)/C(N)=N/SC(c1ccccc1)(c1ccccc1)c1ccccc1. The van der Waals surface area contributed by atoms with Gasteiger partial charge in [-0.3, -0.25) is 4.79 Å². The van der Waals surface area contributed by atoms with E-state index in [1.807, 2.05) is 54.6 Å². The fourth-order valence-electron chi connectivity index (χ4n) is 4.09. The maximum absolute atomic E-state index is 12.7. The molecule has 0 saturated heterocycles. The van der Waals surface area contributed by atoms with Crippen molar-refractivity contribution in [1.29, 1.82) is 0 Å². The van der Waals surface area contributed by atoms with Gasteiger partial charge in [-0.25, -0.2) is 13.6 Å². The van der Waals surface area contributed by atoms with Gasteiger partial charge in [0.15, 0.2) is 0 Å². The number of sulfonamides is 1. The number of likely N-dealkylation sites (N-methyl/N-ethyl adjacent to an activating group) is 1. The number of carbonyl (C=O) groups excluding carboxylic acids is 1. The number of primary sulfonamides is 1. The first-order valence-corrected chi connectivity index (χ1v) is 14.3. The van der Waals surface area contributed by atoms with Crippen LogP contribution in [0.15, 0.2) is 125 Å². The summed E-state index contributed by atoms with van der Waals surface area (Å²) in [5.41, 5.74) is 9.90. The van der Waals surface area contributed by atoms with Gasteiger partial charge >= 0.3 is 0 Å². The summed E-state index contributed by atoms with van der Waals surface area (Å²) in [6.45, 7) is -0.0676. The first-order chi connectivity index (χ1) is 18.7. The molecule has 1 amide bonds. The van der Waals surface area contributed by atoms with Gasteiger partial charge in [-0.2, -0.15) is 4.40 Å². The number of benzene rings is 4. The number of rotatable bonds is 9. The highest BCUT2D eigenvalue weighted by molar-refractivity contribution is 7.99. The van der Waals surface area contributed by atoms with Gasteiger partial charge in [-0.05, 0) is 52.9 Å². The molecule has 0 bridgehead atoms. The Morgan fingerprint density at radius 3 is 1.67 bits per heavy atom. The normalized spacial score (nSPS) is 12.1. The average molecular weight is 560 g/mol. The molecule has 0 radical (unpaired) electrons. The van der Waals surface area contributed by atoms with Gasteiger partial charge in [0.1, 0.15) is 4.75 Å². The lowest BCUT2D eigenvalue weighted by atomic mass is 9.84. The molecule has 0 unspecified atom stereocenters. The molecule has 5 N–H and O–H groups in total. The van der Waals surface area contributed by atoms with Gasteiger partial charge in [0, 0.05) is 12.7 Å². The Bertz CT molecular complexity index is 1430. The van der Waals surface area contributed by atoms with Gasteiger partial charge in [0.2, 0.25) is 21.9 Å². The van der Waals surface area contributed by atoms with Crippen LogP contribution in [-0.2, 0) is 19.6 Å². The van der Waals surface area contributed by atoms with Crippen molar-refractivity contribution < 1.29 is 13.2 Å². The van der Waals surface area contributed by atoms with E-state index in [4.69, 9.17) is 15.3 Å². The highest BCUT2D eigenvalue weighted by Gasteiger charge is 2.38. The smallest absolute Gasteiger partial charge is 0.243 e. The van der Waals surface area contributed by atoms with Gasteiger partial charge in [0.25, 0.3) is 0 Å². The van der Waals surface area contributed by atoms with Crippen molar-refractivity contribution in [1.82, 2.24) is 4.90 Å². The summed E-state index contributed by atoms with van der Waals surface area (Å²) in [6.07, 6.45) is 0. The third kappa shape index (κ3) is 6.66. The van der Waals surface area contributed by atoms with E-state index in [0.717, 1.165) is 16.7 Å². The van der Waals surface area contributed by atoms with Crippen molar-refractivity contribution in [3.05, 3.63) is 132 Å². The predicted molar refractivity (Wildman–Crippen MR) is 157 cm³/mol. The average Bonchev–Trinajstić information content (AvgIpc) is 2.95. The molecule has 39 heavy (non-hydrogen) atoms. The fraction of sp³-hybridized carbons (Fsp3) is 0.103. The van der Waals surface area contributed by atoms with Gasteiger partial charge in [-0.15, -0.1) is 0 Å². The van der Waals surface area contributed by atoms with E-state index in [1.54, 1.807) is 11.9 Å². The molecule has 0 spiro atoms. The lowest BCUT2D eigenvalue weighted by Gasteiger charge is -2.33. The molecule has 8 nitrogen and oxygen atoms in total. The predicted octanol–water partition coefficient (Wildman–Crippen LogP) is 4.16. The Morgan fingerprint density at radius 2 is 1.26 bits per heavy atom. The second-order valence-corrected chi connectivity index (χ2v) is 11.3. The second-order valence-electron chi connectivity index (χ2n) is 8.79. The minimum Gasteiger partial charge on any atom is -0.369 e. The Labute approximate surface area is 232 Å². The largest absolute Gasteiger partial charge is 0.369 e. The number of nitrogens with zero attached hydrogens (tertiary/aromatic N) is 2. The molecule has 4 aromatic rings. The molecule has 4 aromatic carbocycles. The minimum absolute atomic E-state index is 0.0373. The fourth-order valence-corrected chi connectivity index (χ4v) is 5.70. The van der Waals surface area contributed by atoms with E-state index in [9.17, 15) is 13.2 Å². The van der Waals surface area contributed by atoms with Crippen molar-refractivity contribution in [2.24, 2.45) is 15.3 Å². The minimum atomic E-state index is -3.81. The van der Waals surface area contributed by atoms with E-state index in [0.29, 0.717) is 5.69 Å². The highest BCUT2D eigenvalue weighted by Crippen LogP contribution is 2.48. The summed E-state index contributed by atoms with van der Waals surface area (Å²) in [4.78, 5) is 14.2. The van der Waals surface area contributed by atoms with Crippen molar-refractivity contribution in [3.8, 4) is 0 Å². The zero-order chi connectivity index (χ0) is 27.9. The zero-order valence-corrected chi connectivity index (χ0v) is 22.9. The lowest BCUT2D eigenvalue weighted by molar-refractivity contribution is -0.116. The molecule has 0 aromatic heterocycles. The van der Waals surface area contributed by atoms with Crippen LogP contribution in [0.5, 0.6) is 0 Å². The maximum atomic E-state index is 12.7. The molecule has 0 fully saturated rings. The van der Waals surface area contributed by atoms with Crippen LogP contribution in [-0.4, -0.2) is 38.8 Å². The highest BCUT2D eigenvalue weighted by atomic mass is 32.2. The Balaban J connectivity index is 1.58. The molecule has 0 aliphatic rings. The molecular formula is C29H29N5O3S2. The lowest BCUT2D eigenvalue weighted by Crippen LogP contribution is -2.39. The molecule has 10 heteroatoms. The van der Waals surface area contributed by atoms with E-state index in [2.05, 4.69) is 41.7 Å². The monoisotopic (exact) mass is 559 g/mol. The van der Waals surface area contributed by atoms with Crippen LogP contribution in [0.1, 0.15) is 16.7 Å². The maximum Gasteiger partial charge on any atom is 0.243 e. The first-order valence-electron chi connectivity index (χ1n) is 12.0. The van der Waals surface area contributed by atoms with Crippen molar-refractivity contribution >= 4 is 39.5 Å². The number of hydrogen-bond donors (Lipinski definition) is 3. The summed E-state index contributed by atoms with van der Waals surface area (Å²) in [7, 11) is -2.13. The zero-order valence-electron chi connectivity index (χ0n) is 21.3. The summed E-state index contributed by atoms with van der Waals surface area (Å²) in [5.74, 6) is -0.170. The molecule has 200 valence electrons. The van der Waals surface area contributed by atoms with E-state index in [1.165, 1.54) is 36.2 Å². The molecule has 0 saturated carbocycles. The van der Waals surface area contributed by atoms with Crippen molar-refractivity contribution in [2.45, 2.75) is 9.64 Å². The first kappa shape index (κ1) is 27.9. The molecular weight excluding hydrogens is 530 g/mol. The Hall–Kier alpha value is -4.12. The summed E-state index contributed by atoms with van der Waals surface area (Å²) >= 11 is 1.32. The standard InChI is InChI=1S/C29H29N5O3S2/c1-34(21-27(35)32-25-17-19-26(20-18-25)39(31,36)37)28(30)33-38-29(22-11-5-2-6-12-22,23-13-7-3-8-14-23)24-15-9-4-10-16-24/h2-20H,21H2,1H3,(H2,30,33)(H,32,35)(H2,31,36,37). The number of carbonyl (C=O) groups is 1. The van der Waals surface area contributed by atoms with E-state index < -0.39 is 14.8 Å². The number of anilines is 1. The van der Waals surface area contributed by atoms with Crippen molar-refractivity contribution in [3.63, 3.8) is 0 Å². The van der Waals surface area contributed by atoms with Crippen LogP contribution in [0, 0.1) is 0 Å². The van der Waals surface area contributed by atoms with Crippen LogP contribution in [0.3, 0.4) is 0 Å². The van der Waals surface area contributed by atoms with Gasteiger partial charge in [0.05, 0.1) is 11.4 Å². The third-order valence-electron chi connectivity index (χ3n) is 6.06. The summed E-state index contributed by atoms with van der Waals surface area (Å²) in [5, 5.41) is 7.85. The van der Waals surface area contributed by atoms with E-state index >= 15 is 0 Å². The number of amides is 1. The number of nitrogens with two attached hydrogens (primary N) is 2. The number of guanidine groups is 1. The molecule has 0 atom stereocenters. The number of hydrogen-bond acceptors (Lipinski definition) is 5. The second kappa shape index (κ2) is 12.2.